The fraction of sp³-hybridized carbons (Fsp3) is 0.0400. The van der Waals surface area contributed by atoms with Crippen LogP contribution in [0.1, 0.15) is 16.7 Å². The molecule has 0 heterocycles. The highest BCUT2D eigenvalue weighted by molar-refractivity contribution is 6.03. The number of nitrogens with one attached hydrogen (secondary N) is 1. The average molecular weight is 441 g/mol. The number of nitro benzene ring substituents is 1. The van der Waals surface area contributed by atoms with E-state index >= 15 is 0 Å². The summed E-state index contributed by atoms with van der Waals surface area (Å²) in [5, 5.41) is 37.7. The molecule has 8 heteroatoms. The van der Waals surface area contributed by atoms with Crippen LogP contribution in [0.2, 0.25) is 0 Å². The van der Waals surface area contributed by atoms with Gasteiger partial charge in [-0.3, -0.25) is 14.9 Å². The van der Waals surface area contributed by atoms with E-state index in [1.54, 1.807) is 66.7 Å². The number of aliphatic hydroxyl groups is 1. The van der Waals surface area contributed by atoms with Crippen molar-refractivity contribution in [1.82, 2.24) is 5.43 Å². The summed E-state index contributed by atoms with van der Waals surface area (Å²) in [5.41, 5.74) is 1.27. The summed E-state index contributed by atoms with van der Waals surface area (Å²) < 4.78 is 0. The Balaban J connectivity index is 1.67. The van der Waals surface area contributed by atoms with Crippen LogP contribution in [0.15, 0.2) is 96.1 Å². The molecule has 0 atom stereocenters. The number of benzene rings is 4. The van der Waals surface area contributed by atoms with Gasteiger partial charge in [0, 0.05) is 17.7 Å². The summed E-state index contributed by atoms with van der Waals surface area (Å²) in [6.07, 6.45) is 1.23. The lowest BCUT2D eigenvalue weighted by atomic mass is 9.85. The summed E-state index contributed by atoms with van der Waals surface area (Å²) >= 11 is 0. The van der Waals surface area contributed by atoms with Gasteiger partial charge in [0.25, 0.3) is 11.6 Å². The molecule has 4 rings (SSSR count). The van der Waals surface area contributed by atoms with Crippen LogP contribution in [0.4, 0.5) is 5.69 Å². The molecule has 0 fully saturated rings. The Bertz CT molecular complexity index is 1320. The Labute approximate surface area is 188 Å². The highest BCUT2D eigenvalue weighted by Crippen LogP contribution is 2.31. The molecule has 0 aliphatic heterocycles. The standard InChI is InChI=1S/C25H19N3O5/c29-23-14-11-17-15-20(28(32)33)12-13-21(17)22(23)16-26-27-24(30)25(31,18-7-3-1-4-8-18)19-9-5-2-6-10-19/h1-16,29,31H,(H,27,30)/b26-16-. The van der Waals surface area contributed by atoms with Crippen molar-refractivity contribution in [2.75, 3.05) is 0 Å². The maximum absolute atomic E-state index is 13.1. The van der Waals surface area contributed by atoms with Crippen molar-refractivity contribution in [1.29, 1.82) is 0 Å². The Kier molecular flexibility index (Phi) is 5.84. The van der Waals surface area contributed by atoms with Crippen LogP contribution in [0.25, 0.3) is 10.8 Å². The summed E-state index contributed by atoms with van der Waals surface area (Å²) in [6, 6.07) is 24.1. The molecule has 0 bridgehead atoms. The van der Waals surface area contributed by atoms with Crippen molar-refractivity contribution in [3.05, 3.63) is 118 Å². The van der Waals surface area contributed by atoms with Gasteiger partial charge in [-0.05, 0) is 34.0 Å². The zero-order valence-corrected chi connectivity index (χ0v) is 17.3. The largest absolute Gasteiger partial charge is 0.507 e. The number of aromatic hydroxyl groups is 1. The van der Waals surface area contributed by atoms with E-state index in [9.17, 15) is 25.1 Å². The summed E-state index contributed by atoms with van der Waals surface area (Å²) in [6.45, 7) is 0. The topological polar surface area (TPSA) is 125 Å². The van der Waals surface area contributed by atoms with Crippen molar-refractivity contribution in [3.63, 3.8) is 0 Å². The number of hydrazone groups is 1. The normalized spacial score (nSPS) is 11.5. The second kappa shape index (κ2) is 8.89. The average Bonchev–Trinajstić information content (AvgIpc) is 2.85. The fourth-order valence-corrected chi connectivity index (χ4v) is 3.60. The number of rotatable bonds is 6. The second-order valence-corrected chi connectivity index (χ2v) is 7.30. The lowest BCUT2D eigenvalue weighted by molar-refractivity contribution is -0.384. The van der Waals surface area contributed by atoms with Crippen LogP contribution in [0, 0.1) is 10.1 Å². The lowest BCUT2D eigenvalue weighted by Crippen LogP contribution is -2.43. The fourth-order valence-electron chi connectivity index (χ4n) is 3.60. The molecule has 0 aliphatic rings. The van der Waals surface area contributed by atoms with E-state index in [1.165, 1.54) is 30.5 Å². The molecule has 1 amide bonds. The van der Waals surface area contributed by atoms with Crippen molar-refractivity contribution in [2.45, 2.75) is 5.60 Å². The number of nitrogens with zero attached hydrogens (tertiary/aromatic N) is 2. The van der Waals surface area contributed by atoms with Gasteiger partial charge in [0.2, 0.25) is 0 Å². The van der Waals surface area contributed by atoms with E-state index in [1.807, 2.05) is 0 Å². The zero-order chi connectivity index (χ0) is 23.4. The van der Waals surface area contributed by atoms with Gasteiger partial charge in [-0.1, -0.05) is 66.7 Å². The molecule has 0 aromatic heterocycles. The van der Waals surface area contributed by atoms with Crippen molar-refractivity contribution >= 4 is 28.6 Å². The van der Waals surface area contributed by atoms with Crippen LogP contribution in [-0.4, -0.2) is 27.3 Å². The quantitative estimate of drug-likeness (QED) is 0.238. The molecule has 0 aliphatic carbocycles. The molecule has 0 unspecified atom stereocenters. The molecular formula is C25H19N3O5. The smallest absolute Gasteiger partial charge is 0.281 e. The van der Waals surface area contributed by atoms with Gasteiger partial charge in [-0.2, -0.15) is 5.10 Å². The van der Waals surface area contributed by atoms with Gasteiger partial charge in [-0.25, -0.2) is 5.43 Å². The first-order chi connectivity index (χ1) is 15.9. The van der Waals surface area contributed by atoms with E-state index in [2.05, 4.69) is 10.5 Å². The molecule has 33 heavy (non-hydrogen) atoms. The van der Waals surface area contributed by atoms with Crippen molar-refractivity contribution in [2.24, 2.45) is 5.10 Å². The minimum Gasteiger partial charge on any atom is -0.507 e. The zero-order valence-electron chi connectivity index (χ0n) is 17.3. The van der Waals surface area contributed by atoms with Crippen LogP contribution in [0.3, 0.4) is 0 Å². The lowest BCUT2D eigenvalue weighted by Gasteiger charge is -2.27. The van der Waals surface area contributed by atoms with Crippen LogP contribution in [0.5, 0.6) is 5.75 Å². The first-order valence-electron chi connectivity index (χ1n) is 9.98. The van der Waals surface area contributed by atoms with Crippen LogP contribution < -0.4 is 5.43 Å². The number of carbonyl (C=O) groups excluding carboxylic acids is 1. The van der Waals surface area contributed by atoms with Crippen LogP contribution in [-0.2, 0) is 10.4 Å². The maximum Gasteiger partial charge on any atom is 0.281 e. The number of hydrogen-bond donors (Lipinski definition) is 3. The van der Waals surface area contributed by atoms with E-state index in [0.29, 0.717) is 21.9 Å². The Hall–Kier alpha value is -4.56. The summed E-state index contributed by atoms with van der Waals surface area (Å²) in [5.74, 6) is -0.901. The third-order valence-corrected chi connectivity index (χ3v) is 5.30. The van der Waals surface area contributed by atoms with Crippen molar-refractivity contribution < 1.29 is 19.9 Å². The molecule has 3 N–H and O–H groups in total. The number of hydrogen-bond acceptors (Lipinski definition) is 6. The number of phenolic OH excluding ortho intramolecular Hbond substituents is 1. The molecule has 0 saturated heterocycles. The Morgan fingerprint density at radius 1 is 0.939 bits per heavy atom. The first kappa shape index (κ1) is 21.7. The third kappa shape index (κ3) is 4.15. The monoisotopic (exact) mass is 441 g/mol. The molecule has 8 nitrogen and oxygen atoms in total. The van der Waals surface area contributed by atoms with Gasteiger partial charge >= 0.3 is 0 Å². The van der Waals surface area contributed by atoms with E-state index < -0.39 is 16.4 Å². The van der Waals surface area contributed by atoms with E-state index in [4.69, 9.17) is 0 Å². The SMILES string of the molecule is O=C(N/N=C\c1c(O)ccc2cc([N+](=O)[O-])ccc12)C(O)(c1ccccc1)c1ccccc1. The number of amides is 1. The van der Waals surface area contributed by atoms with E-state index in [0.717, 1.165) is 0 Å². The van der Waals surface area contributed by atoms with Gasteiger partial charge in [0.05, 0.1) is 11.1 Å². The Morgan fingerprint density at radius 3 is 2.12 bits per heavy atom. The molecule has 164 valence electrons. The van der Waals surface area contributed by atoms with Gasteiger partial charge < -0.3 is 10.2 Å². The van der Waals surface area contributed by atoms with Gasteiger partial charge in [-0.15, -0.1) is 0 Å². The predicted octanol–water partition coefficient (Wildman–Crippen LogP) is 3.84. The van der Waals surface area contributed by atoms with Gasteiger partial charge in [0.15, 0.2) is 5.60 Å². The molecule has 0 radical (unpaired) electrons. The van der Waals surface area contributed by atoms with Crippen LogP contribution >= 0.6 is 0 Å². The molecule has 0 spiro atoms. The number of phenols is 1. The minimum atomic E-state index is -2.00. The highest BCUT2D eigenvalue weighted by Gasteiger charge is 2.39. The van der Waals surface area contributed by atoms with Gasteiger partial charge in [0.1, 0.15) is 5.75 Å². The maximum atomic E-state index is 13.1. The number of non-ortho nitro benzene ring substituents is 1. The summed E-state index contributed by atoms with van der Waals surface area (Å²) in [7, 11) is 0. The molecule has 4 aromatic rings. The van der Waals surface area contributed by atoms with E-state index in [-0.39, 0.29) is 17.0 Å². The summed E-state index contributed by atoms with van der Waals surface area (Å²) in [4.78, 5) is 23.6. The highest BCUT2D eigenvalue weighted by atomic mass is 16.6. The number of carbonyl (C=O) groups is 1. The third-order valence-electron chi connectivity index (χ3n) is 5.30. The number of nitro groups is 1. The minimum absolute atomic E-state index is 0.0832. The Morgan fingerprint density at radius 2 is 1.55 bits per heavy atom. The molecule has 4 aromatic carbocycles. The molecular weight excluding hydrogens is 422 g/mol. The predicted molar refractivity (Wildman–Crippen MR) is 124 cm³/mol. The number of fused-ring (bicyclic) bond motifs is 1. The first-order valence-corrected chi connectivity index (χ1v) is 9.98. The molecule has 0 saturated carbocycles. The second-order valence-electron chi connectivity index (χ2n) is 7.30. The van der Waals surface area contributed by atoms with Crippen molar-refractivity contribution in [3.8, 4) is 5.75 Å².